The molecule has 1 spiro atoms. The highest BCUT2D eigenvalue weighted by atomic mass is 16.5. The number of likely N-dealkylation sites (tertiary alicyclic amines) is 1. The summed E-state index contributed by atoms with van der Waals surface area (Å²) in [6.45, 7) is 21.6. The van der Waals surface area contributed by atoms with Crippen molar-refractivity contribution in [2.24, 2.45) is 17.3 Å². The van der Waals surface area contributed by atoms with Crippen LogP contribution in [0.2, 0.25) is 0 Å². The van der Waals surface area contributed by atoms with Crippen LogP contribution >= 0.6 is 0 Å². The maximum absolute atomic E-state index is 15.0. The number of para-hydroxylation sites is 1. The van der Waals surface area contributed by atoms with Crippen LogP contribution in [0.5, 0.6) is 0 Å². The molecule has 0 aliphatic carbocycles. The Kier molecular flexibility index (Phi) is 10.4. The van der Waals surface area contributed by atoms with Crippen LogP contribution in [0.4, 0.5) is 5.69 Å². The van der Waals surface area contributed by atoms with Gasteiger partial charge in [-0.2, -0.15) is 0 Å². The van der Waals surface area contributed by atoms with Crippen LogP contribution in [0.25, 0.3) is 0 Å². The van der Waals surface area contributed by atoms with Gasteiger partial charge in [0.2, 0.25) is 17.7 Å². The maximum atomic E-state index is 15.0. The number of aliphatic hydroxyl groups is 1. The number of aliphatic hydroxyl groups excluding tert-OH is 1. The number of hydrogen-bond donors (Lipinski definition) is 1. The zero-order valence-corrected chi connectivity index (χ0v) is 28.4. The van der Waals surface area contributed by atoms with Crippen LogP contribution in [0.15, 0.2) is 55.6 Å². The highest BCUT2D eigenvalue weighted by Crippen LogP contribution is 2.65. The zero-order valence-electron chi connectivity index (χ0n) is 28.4. The Balaban J connectivity index is 1.82. The van der Waals surface area contributed by atoms with Crippen LogP contribution in [-0.2, 0) is 19.1 Å². The molecule has 4 rings (SSSR count). The molecular formula is C37H55N3O5. The van der Waals surface area contributed by atoms with Gasteiger partial charge in [-0.25, -0.2) is 0 Å². The zero-order chi connectivity index (χ0) is 33.2. The second kappa shape index (κ2) is 13.4. The molecule has 3 fully saturated rings. The lowest BCUT2D eigenvalue weighted by molar-refractivity contribution is -0.157. The summed E-state index contributed by atoms with van der Waals surface area (Å²) < 4.78 is 7.07. The van der Waals surface area contributed by atoms with Crippen molar-refractivity contribution in [2.45, 2.75) is 109 Å². The van der Waals surface area contributed by atoms with Gasteiger partial charge in [-0.05, 0) is 76.3 Å². The monoisotopic (exact) mass is 621 g/mol. The summed E-state index contributed by atoms with van der Waals surface area (Å²) in [5.74, 6) is -1.97. The highest BCUT2D eigenvalue weighted by Gasteiger charge is 2.79. The molecule has 3 amide bonds. The number of carbonyl (C=O) groups is 3. The number of rotatable bonds is 15. The number of nitrogens with zero attached hydrogens (tertiary/aromatic N) is 3. The molecule has 1 aromatic carbocycles. The van der Waals surface area contributed by atoms with Crippen molar-refractivity contribution in [1.29, 1.82) is 0 Å². The fourth-order valence-corrected chi connectivity index (χ4v) is 8.72. The van der Waals surface area contributed by atoms with Gasteiger partial charge in [0.05, 0.1) is 17.4 Å². The van der Waals surface area contributed by atoms with E-state index in [-0.39, 0.29) is 29.7 Å². The second-order valence-electron chi connectivity index (χ2n) is 15.0. The Morgan fingerprint density at radius 3 is 2.27 bits per heavy atom. The Hall–Kier alpha value is -2.97. The van der Waals surface area contributed by atoms with Crippen molar-refractivity contribution in [3.8, 4) is 0 Å². The molecule has 8 nitrogen and oxygen atoms in total. The van der Waals surface area contributed by atoms with E-state index in [1.165, 1.54) is 0 Å². The third-order valence-corrected chi connectivity index (χ3v) is 10.2. The van der Waals surface area contributed by atoms with Crippen LogP contribution < -0.4 is 4.90 Å². The molecule has 1 aromatic rings. The molecule has 3 saturated heterocycles. The minimum atomic E-state index is -1.10. The minimum Gasteiger partial charge on any atom is -0.396 e. The molecule has 2 bridgehead atoms. The second-order valence-corrected chi connectivity index (χ2v) is 15.0. The van der Waals surface area contributed by atoms with Crippen molar-refractivity contribution in [3.05, 3.63) is 55.6 Å². The fraction of sp³-hybridized carbons (Fsp3) is 0.649. The molecule has 3 aliphatic rings. The standard InChI is InChI=1S/C37H55N3O5/c1-9-22-38(27-18-14-12-15-19-27)31(42)28-29-32(43)39(24-16-13-17-25-41)30(37(29)21-20-36(28,11-3)45-37)33(44)40(23-10-2)35(7,8)26-34(4,5)6/h9-10,12,14-15,18-19,28-30,41H,1-2,11,13,16-17,20-26H2,3-8H3/t28-,29-,30?,36+,37?/m0/s1. The number of benzene rings is 1. The van der Waals surface area contributed by atoms with Crippen molar-refractivity contribution in [2.75, 3.05) is 31.1 Å². The molecule has 0 aromatic heterocycles. The maximum Gasteiger partial charge on any atom is 0.249 e. The first kappa shape index (κ1) is 34.9. The van der Waals surface area contributed by atoms with E-state index in [1.807, 2.05) is 42.2 Å². The fourth-order valence-electron chi connectivity index (χ4n) is 8.72. The highest BCUT2D eigenvalue weighted by molar-refractivity contribution is 6.03. The topological polar surface area (TPSA) is 90.4 Å². The quantitative estimate of drug-likeness (QED) is 0.199. The van der Waals surface area contributed by atoms with E-state index in [9.17, 15) is 14.7 Å². The average molecular weight is 622 g/mol. The Morgan fingerprint density at radius 1 is 1.02 bits per heavy atom. The van der Waals surface area contributed by atoms with Gasteiger partial charge >= 0.3 is 0 Å². The predicted molar refractivity (Wildman–Crippen MR) is 179 cm³/mol. The molecule has 3 aliphatic heterocycles. The third kappa shape index (κ3) is 6.37. The predicted octanol–water partition coefficient (Wildman–Crippen LogP) is 5.75. The van der Waals surface area contributed by atoms with Crippen molar-refractivity contribution in [3.63, 3.8) is 0 Å². The number of hydrogen-bond acceptors (Lipinski definition) is 5. The first-order valence-corrected chi connectivity index (χ1v) is 16.7. The van der Waals surface area contributed by atoms with Gasteiger partial charge in [-0.3, -0.25) is 14.4 Å². The Bertz CT molecular complexity index is 1260. The van der Waals surface area contributed by atoms with E-state index in [0.29, 0.717) is 51.7 Å². The summed E-state index contributed by atoms with van der Waals surface area (Å²) in [6.07, 6.45) is 7.92. The molecule has 45 heavy (non-hydrogen) atoms. The normalized spacial score (nSPS) is 27.4. The van der Waals surface area contributed by atoms with Gasteiger partial charge in [0.1, 0.15) is 11.6 Å². The third-order valence-electron chi connectivity index (χ3n) is 10.2. The first-order chi connectivity index (χ1) is 21.2. The van der Waals surface area contributed by atoms with Crippen molar-refractivity contribution in [1.82, 2.24) is 9.80 Å². The molecule has 0 radical (unpaired) electrons. The van der Waals surface area contributed by atoms with E-state index in [4.69, 9.17) is 4.74 Å². The van der Waals surface area contributed by atoms with Gasteiger partial charge in [-0.1, -0.05) is 58.0 Å². The average Bonchev–Trinajstić information content (AvgIpc) is 3.59. The molecule has 0 saturated carbocycles. The first-order valence-electron chi connectivity index (χ1n) is 16.7. The number of carbonyl (C=O) groups excluding carboxylic acids is 3. The number of fused-ring (bicyclic) bond motifs is 1. The molecule has 248 valence electrons. The summed E-state index contributed by atoms with van der Waals surface area (Å²) in [5, 5.41) is 9.40. The Labute approximate surface area is 270 Å². The summed E-state index contributed by atoms with van der Waals surface area (Å²) in [5.41, 5.74) is -1.76. The van der Waals surface area contributed by atoms with Gasteiger partial charge in [0.15, 0.2) is 0 Å². The lowest BCUT2D eigenvalue weighted by Crippen LogP contribution is -2.61. The lowest BCUT2D eigenvalue weighted by Gasteiger charge is -2.45. The molecule has 3 heterocycles. The van der Waals surface area contributed by atoms with Gasteiger partial charge in [-0.15, -0.1) is 13.2 Å². The number of amides is 3. The molecule has 1 N–H and O–H groups in total. The summed E-state index contributed by atoms with van der Waals surface area (Å²) in [4.78, 5) is 49.7. The van der Waals surface area contributed by atoms with Crippen LogP contribution in [0.3, 0.4) is 0 Å². The SMILES string of the molecule is C=CCN(C(=O)[C@@H]1[C@H]2C(=O)N(CCCCCO)C(C(=O)N(CC=C)C(C)(C)CC(C)(C)C)C23CC[C@@]1(CC)O3)c1ccccc1. The minimum absolute atomic E-state index is 0.0440. The van der Waals surface area contributed by atoms with Gasteiger partial charge in [0, 0.05) is 37.5 Å². The summed E-state index contributed by atoms with van der Waals surface area (Å²) in [7, 11) is 0. The molecular weight excluding hydrogens is 566 g/mol. The molecule has 5 atom stereocenters. The van der Waals surface area contributed by atoms with Crippen LogP contribution in [0, 0.1) is 17.3 Å². The van der Waals surface area contributed by atoms with E-state index in [0.717, 1.165) is 18.5 Å². The van der Waals surface area contributed by atoms with Crippen LogP contribution in [0.1, 0.15) is 86.5 Å². The van der Waals surface area contributed by atoms with E-state index in [1.54, 1.807) is 22.0 Å². The molecule has 8 heteroatoms. The van der Waals surface area contributed by atoms with E-state index < -0.39 is 34.6 Å². The van der Waals surface area contributed by atoms with E-state index in [2.05, 4.69) is 47.8 Å². The van der Waals surface area contributed by atoms with E-state index >= 15 is 4.79 Å². The summed E-state index contributed by atoms with van der Waals surface area (Å²) in [6, 6.07) is 8.63. The van der Waals surface area contributed by atoms with Crippen molar-refractivity contribution < 1.29 is 24.2 Å². The molecule has 2 unspecified atom stereocenters. The number of anilines is 1. The lowest BCUT2D eigenvalue weighted by atomic mass is 9.64. The van der Waals surface area contributed by atoms with Gasteiger partial charge in [0.25, 0.3) is 0 Å². The van der Waals surface area contributed by atoms with Gasteiger partial charge < -0.3 is 24.5 Å². The number of ether oxygens (including phenoxy) is 1. The number of unbranched alkanes of at least 4 members (excludes halogenated alkanes) is 2. The summed E-state index contributed by atoms with van der Waals surface area (Å²) >= 11 is 0. The smallest absolute Gasteiger partial charge is 0.249 e. The Morgan fingerprint density at radius 2 is 1.69 bits per heavy atom. The van der Waals surface area contributed by atoms with Crippen molar-refractivity contribution >= 4 is 23.4 Å². The van der Waals surface area contributed by atoms with Crippen LogP contribution in [-0.4, -0.2) is 81.7 Å². The largest absolute Gasteiger partial charge is 0.396 e.